The maximum absolute atomic E-state index is 12.0. The number of ketones is 1. The molecule has 0 N–H and O–H groups in total. The third kappa shape index (κ3) is 1.98. The largest absolute Gasteiger partial charge is 0.381 e. The Balaban J connectivity index is 1.51. The van der Waals surface area contributed by atoms with Gasteiger partial charge in [-0.1, -0.05) is 0 Å². The molecule has 4 aliphatic carbocycles. The molecule has 20 heavy (non-hydrogen) atoms. The van der Waals surface area contributed by atoms with Crippen LogP contribution in [0.5, 0.6) is 0 Å². The molecule has 4 rings (SSSR count). The number of rotatable bonds is 1. The zero-order valence-electron chi connectivity index (χ0n) is 12.7. The van der Waals surface area contributed by atoms with E-state index in [0.29, 0.717) is 17.8 Å². The molecule has 0 saturated heterocycles. The lowest BCUT2D eigenvalue weighted by atomic mass is 9.53. The van der Waals surface area contributed by atoms with E-state index in [1.54, 1.807) is 0 Å². The zero-order valence-corrected chi connectivity index (χ0v) is 12.7. The van der Waals surface area contributed by atoms with Gasteiger partial charge >= 0.3 is 0 Å². The van der Waals surface area contributed by atoms with E-state index in [9.17, 15) is 4.79 Å². The normalized spacial score (nSPS) is 51.2. The second kappa shape index (κ2) is 5.12. The quantitative estimate of drug-likeness (QED) is 0.727. The van der Waals surface area contributed by atoms with Crippen molar-refractivity contribution in [2.24, 2.45) is 35.5 Å². The molecule has 4 aliphatic rings. The van der Waals surface area contributed by atoms with E-state index < -0.39 is 0 Å². The van der Waals surface area contributed by atoms with Gasteiger partial charge in [0.2, 0.25) is 0 Å². The van der Waals surface area contributed by atoms with E-state index in [-0.39, 0.29) is 0 Å². The van der Waals surface area contributed by atoms with E-state index in [4.69, 9.17) is 4.74 Å². The molecule has 0 bridgehead atoms. The lowest BCUT2D eigenvalue weighted by Gasteiger charge is -2.52. The van der Waals surface area contributed by atoms with Gasteiger partial charge in [0.25, 0.3) is 0 Å². The van der Waals surface area contributed by atoms with Crippen LogP contribution in [0.2, 0.25) is 0 Å². The van der Waals surface area contributed by atoms with Crippen LogP contribution in [0.3, 0.4) is 0 Å². The predicted octanol–water partition coefficient (Wildman–Crippen LogP) is 3.83. The molecule has 4 saturated carbocycles. The number of carbonyl (C=O) groups excluding carboxylic acids is 1. The highest BCUT2D eigenvalue weighted by Gasteiger charge is 2.51. The molecule has 6 unspecified atom stereocenters. The molecule has 2 heteroatoms. The van der Waals surface area contributed by atoms with Crippen LogP contribution in [0.4, 0.5) is 0 Å². The molecule has 0 aromatic rings. The molecule has 2 nitrogen and oxygen atoms in total. The van der Waals surface area contributed by atoms with Crippen LogP contribution in [0.1, 0.15) is 57.8 Å². The van der Waals surface area contributed by atoms with E-state index in [0.717, 1.165) is 36.0 Å². The molecule has 112 valence electrons. The van der Waals surface area contributed by atoms with Gasteiger partial charge in [-0.2, -0.15) is 0 Å². The summed E-state index contributed by atoms with van der Waals surface area (Å²) in [6.07, 6.45) is 11.9. The Labute approximate surface area is 122 Å². The summed E-state index contributed by atoms with van der Waals surface area (Å²) in [5.74, 6) is 5.53. The number of hydrogen-bond acceptors (Lipinski definition) is 2. The van der Waals surface area contributed by atoms with Crippen LogP contribution in [0.15, 0.2) is 0 Å². The molecule has 4 fully saturated rings. The maximum Gasteiger partial charge on any atom is 0.136 e. The van der Waals surface area contributed by atoms with Gasteiger partial charge in [0.05, 0.1) is 6.10 Å². The van der Waals surface area contributed by atoms with Crippen molar-refractivity contribution in [2.45, 2.75) is 63.9 Å². The zero-order chi connectivity index (χ0) is 13.7. The summed E-state index contributed by atoms with van der Waals surface area (Å²) in [5.41, 5.74) is 0. The van der Waals surface area contributed by atoms with Gasteiger partial charge in [-0.3, -0.25) is 4.79 Å². The minimum atomic E-state index is 0.461. The summed E-state index contributed by atoms with van der Waals surface area (Å²) < 4.78 is 5.61. The number of hydrogen-bond donors (Lipinski definition) is 0. The number of methoxy groups -OCH3 is 1. The Bertz CT molecular complexity index is 391. The molecule has 0 aliphatic heterocycles. The highest BCUT2D eigenvalue weighted by molar-refractivity contribution is 5.83. The van der Waals surface area contributed by atoms with Crippen LogP contribution in [0, 0.1) is 35.5 Å². The third-order valence-electron chi connectivity index (χ3n) is 7.31. The third-order valence-corrected chi connectivity index (χ3v) is 7.31. The second-order valence-electron chi connectivity index (χ2n) is 7.85. The van der Waals surface area contributed by atoms with E-state index in [2.05, 4.69) is 0 Å². The Morgan fingerprint density at radius 1 is 0.850 bits per heavy atom. The molecule has 0 amide bonds. The van der Waals surface area contributed by atoms with Gasteiger partial charge in [-0.25, -0.2) is 0 Å². The molecular weight excluding hydrogens is 248 g/mol. The van der Waals surface area contributed by atoms with Crippen molar-refractivity contribution in [3.8, 4) is 0 Å². The molecule has 0 heterocycles. The first-order chi connectivity index (χ1) is 9.78. The van der Waals surface area contributed by atoms with Crippen molar-refractivity contribution in [2.75, 3.05) is 7.11 Å². The summed E-state index contributed by atoms with van der Waals surface area (Å²) in [5, 5.41) is 0. The molecular formula is C18H28O2. The average Bonchev–Trinajstić information content (AvgIpc) is 2.88. The monoisotopic (exact) mass is 276 g/mol. The van der Waals surface area contributed by atoms with Gasteiger partial charge in [0.1, 0.15) is 5.78 Å². The Kier molecular flexibility index (Phi) is 3.41. The number of fused-ring (bicyclic) bond motifs is 5. The van der Waals surface area contributed by atoms with Crippen LogP contribution >= 0.6 is 0 Å². The van der Waals surface area contributed by atoms with Gasteiger partial charge < -0.3 is 4.74 Å². The van der Waals surface area contributed by atoms with Gasteiger partial charge in [0, 0.05) is 19.4 Å². The van der Waals surface area contributed by atoms with Gasteiger partial charge in [0.15, 0.2) is 0 Å². The first-order valence-corrected chi connectivity index (χ1v) is 8.83. The van der Waals surface area contributed by atoms with Crippen molar-refractivity contribution < 1.29 is 9.53 Å². The highest BCUT2D eigenvalue weighted by atomic mass is 16.5. The minimum Gasteiger partial charge on any atom is -0.381 e. The van der Waals surface area contributed by atoms with E-state index in [1.807, 2.05) is 7.11 Å². The number of ether oxygens (including phenoxy) is 1. The first-order valence-electron chi connectivity index (χ1n) is 8.83. The molecule has 0 aromatic carbocycles. The summed E-state index contributed by atoms with van der Waals surface area (Å²) in [6.45, 7) is 0. The molecule has 0 radical (unpaired) electrons. The van der Waals surface area contributed by atoms with Crippen molar-refractivity contribution in [1.29, 1.82) is 0 Å². The van der Waals surface area contributed by atoms with Crippen molar-refractivity contribution in [1.82, 2.24) is 0 Å². The lowest BCUT2D eigenvalue weighted by molar-refractivity contribution is -0.124. The van der Waals surface area contributed by atoms with E-state index >= 15 is 0 Å². The fraction of sp³-hybridized carbons (Fsp3) is 0.944. The fourth-order valence-corrected chi connectivity index (χ4v) is 6.45. The van der Waals surface area contributed by atoms with Crippen LogP contribution in [-0.4, -0.2) is 19.0 Å². The van der Waals surface area contributed by atoms with E-state index in [1.165, 1.54) is 51.4 Å². The van der Waals surface area contributed by atoms with Crippen molar-refractivity contribution in [3.63, 3.8) is 0 Å². The predicted molar refractivity (Wildman–Crippen MR) is 78.3 cm³/mol. The number of Topliss-reactive ketones (excluding diaryl/α,β-unsaturated/α-hetero) is 1. The summed E-state index contributed by atoms with van der Waals surface area (Å²) in [7, 11) is 1.88. The Morgan fingerprint density at radius 3 is 2.45 bits per heavy atom. The molecule has 7 atom stereocenters. The molecule has 0 spiro atoms. The van der Waals surface area contributed by atoms with Gasteiger partial charge in [-0.05, 0) is 81.0 Å². The highest BCUT2D eigenvalue weighted by Crippen LogP contribution is 2.57. The topological polar surface area (TPSA) is 26.3 Å². The molecule has 0 aromatic heterocycles. The lowest BCUT2D eigenvalue weighted by Crippen LogP contribution is -2.46. The van der Waals surface area contributed by atoms with Crippen LogP contribution < -0.4 is 0 Å². The summed E-state index contributed by atoms with van der Waals surface area (Å²) in [4.78, 5) is 12.0. The fourth-order valence-electron chi connectivity index (χ4n) is 6.45. The van der Waals surface area contributed by atoms with Gasteiger partial charge in [-0.15, -0.1) is 0 Å². The Hall–Kier alpha value is -0.370. The Morgan fingerprint density at radius 2 is 1.60 bits per heavy atom. The number of carbonyl (C=O) groups is 1. The maximum atomic E-state index is 12.0. The summed E-state index contributed by atoms with van der Waals surface area (Å²) in [6, 6.07) is 0. The van der Waals surface area contributed by atoms with Crippen LogP contribution in [0.25, 0.3) is 0 Å². The van der Waals surface area contributed by atoms with Crippen LogP contribution in [-0.2, 0) is 9.53 Å². The summed E-state index contributed by atoms with van der Waals surface area (Å²) >= 11 is 0. The van der Waals surface area contributed by atoms with Crippen molar-refractivity contribution in [3.05, 3.63) is 0 Å². The first kappa shape index (κ1) is 13.3. The second-order valence-corrected chi connectivity index (χ2v) is 7.85. The smallest absolute Gasteiger partial charge is 0.136 e. The average molecular weight is 276 g/mol. The minimum absolute atomic E-state index is 0.461. The SMILES string of the molecule is CO[C@H]1CCC2C(CCC3C4CCC(=O)C4CCC23)C1. The standard InChI is InChI=1S/C18H28O2/c1-20-12-3-5-13-11(10-12)2-4-15-14(13)6-7-17-16(15)8-9-18(17)19/h11-17H,2-10H2,1H3/t11?,12-,13?,14?,15?,16?,17?/m0/s1. The van der Waals surface area contributed by atoms with Crippen molar-refractivity contribution >= 4 is 5.78 Å².